The molecule has 0 spiro atoms. The summed E-state index contributed by atoms with van der Waals surface area (Å²) in [7, 11) is 1.47. The van der Waals surface area contributed by atoms with Gasteiger partial charge < -0.3 is 4.74 Å². The van der Waals surface area contributed by atoms with Crippen molar-refractivity contribution in [3.8, 4) is 12.1 Å². The highest BCUT2D eigenvalue weighted by Gasteiger charge is 2.09. The third-order valence-corrected chi connectivity index (χ3v) is 1.99. The summed E-state index contributed by atoms with van der Waals surface area (Å²) in [6.45, 7) is 1.74. The van der Waals surface area contributed by atoms with E-state index < -0.39 is 0 Å². The van der Waals surface area contributed by atoms with E-state index in [1.165, 1.54) is 7.11 Å². The van der Waals surface area contributed by atoms with E-state index >= 15 is 0 Å². The molecule has 0 unspecified atom stereocenters. The standard InChI is InChI=1S/C8H8ClN3O/c1-5-7(9)6(3-4-10)12-8(11-5)13-2/h3H2,1-2H3. The van der Waals surface area contributed by atoms with Crippen molar-refractivity contribution >= 4 is 11.6 Å². The number of methoxy groups -OCH3 is 1. The van der Waals surface area contributed by atoms with Crippen LogP contribution in [-0.4, -0.2) is 17.1 Å². The van der Waals surface area contributed by atoms with E-state index in [4.69, 9.17) is 21.6 Å². The second-order valence-electron chi connectivity index (χ2n) is 2.39. The van der Waals surface area contributed by atoms with Crippen molar-refractivity contribution in [2.24, 2.45) is 0 Å². The van der Waals surface area contributed by atoms with Crippen LogP contribution in [0.5, 0.6) is 6.01 Å². The van der Waals surface area contributed by atoms with Crippen molar-refractivity contribution in [1.29, 1.82) is 5.26 Å². The maximum Gasteiger partial charge on any atom is 0.316 e. The lowest BCUT2D eigenvalue weighted by atomic mass is 10.3. The lowest BCUT2D eigenvalue weighted by Crippen LogP contribution is -2.00. The molecule has 0 bridgehead atoms. The molecular formula is C8H8ClN3O. The van der Waals surface area contributed by atoms with Gasteiger partial charge in [-0.2, -0.15) is 15.2 Å². The van der Waals surface area contributed by atoms with Crippen LogP contribution in [0.15, 0.2) is 0 Å². The number of aryl methyl sites for hydroxylation is 1. The number of hydrogen-bond acceptors (Lipinski definition) is 4. The van der Waals surface area contributed by atoms with Gasteiger partial charge in [0.1, 0.15) is 0 Å². The van der Waals surface area contributed by atoms with Crippen molar-refractivity contribution in [2.75, 3.05) is 7.11 Å². The van der Waals surface area contributed by atoms with Gasteiger partial charge in [-0.25, -0.2) is 0 Å². The first kappa shape index (κ1) is 9.75. The average molecular weight is 198 g/mol. The molecule has 68 valence electrons. The molecule has 4 nitrogen and oxygen atoms in total. The summed E-state index contributed by atoms with van der Waals surface area (Å²) < 4.78 is 4.85. The molecule has 0 aliphatic rings. The molecule has 0 saturated heterocycles. The maximum absolute atomic E-state index is 8.49. The van der Waals surface area contributed by atoms with Crippen LogP contribution in [0, 0.1) is 18.3 Å². The highest BCUT2D eigenvalue weighted by molar-refractivity contribution is 6.31. The second-order valence-corrected chi connectivity index (χ2v) is 2.77. The van der Waals surface area contributed by atoms with Crippen LogP contribution in [0.1, 0.15) is 11.4 Å². The third-order valence-electron chi connectivity index (χ3n) is 1.49. The van der Waals surface area contributed by atoms with Crippen LogP contribution in [-0.2, 0) is 6.42 Å². The Morgan fingerprint density at radius 2 is 2.23 bits per heavy atom. The van der Waals surface area contributed by atoms with Gasteiger partial charge in [-0.1, -0.05) is 11.6 Å². The summed E-state index contributed by atoms with van der Waals surface area (Å²) in [6, 6.07) is 2.22. The van der Waals surface area contributed by atoms with Crippen LogP contribution in [0.2, 0.25) is 5.02 Å². The van der Waals surface area contributed by atoms with Gasteiger partial charge >= 0.3 is 6.01 Å². The van der Waals surface area contributed by atoms with E-state index in [0.717, 1.165) is 0 Å². The van der Waals surface area contributed by atoms with Gasteiger partial charge in [-0.3, -0.25) is 0 Å². The molecule has 0 aliphatic carbocycles. The number of ether oxygens (including phenoxy) is 1. The van der Waals surface area contributed by atoms with Gasteiger partial charge in [0.15, 0.2) is 0 Å². The molecule has 0 amide bonds. The SMILES string of the molecule is COc1nc(C)c(Cl)c(CC#N)n1. The lowest BCUT2D eigenvalue weighted by Gasteiger charge is -2.04. The van der Waals surface area contributed by atoms with Gasteiger partial charge in [0.2, 0.25) is 0 Å². The number of nitriles is 1. The summed E-state index contributed by atoms with van der Waals surface area (Å²) in [5.41, 5.74) is 1.13. The highest BCUT2D eigenvalue weighted by atomic mass is 35.5. The Hall–Kier alpha value is -1.34. The smallest absolute Gasteiger partial charge is 0.316 e. The first-order chi connectivity index (χ1) is 6.19. The lowest BCUT2D eigenvalue weighted by molar-refractivity contribution is 0.377. The zero-order valence-electron chi connectivity index (χ0n) is 7.33. The fourth-order valence-electron chi connectivity index (χ4n) is 0.874. The minimum absolute atomic E-state index is 0.165. The molecule has 1 aromatic rings. The quantitative estimate of drug-likeness (QED) is 0.721. The molecule has 0 radical (unpaired) electrons. The average Bonchev–Trinajstić information content (AvgIpc) is 2.13. The summed E-state index contributed by atoms with van der Waals surface area (Å²) >= 11 is 5.87. The number of rotatable bonds is 2. The van der Waals surface area contributed by atoms with Crippen LogP contribution in [0.25, 0.3) is 0 Å². The monoisotopic (exact) mass is 197 g/mol. The summed E-state index contributed by atoms with van der Waals surface area (Å²) in [4.78, 5) is 7.91. The van der Waals surface area contributed by atoms with Gasteiger partial charge in [0, 0.05) is 0 Å². The summed E-state index contributed by atoms with van der Waals surface area (Å²) in [6.07, 6.45) is 0.165. The zero-order valence-corrected chi connectivity index (χ0v) is 8.09. The molecule has 1 rings (SSSR count). The Bertz CT molecular complexity index is 359. The number of halogens is 1. The number of aromatic nitrogens is 2. The topological polar surface area (TPSA) is 58.8 Å². The molecule has 13 heavy (non-hydrogen) atoms. The fourth-order valence-corrected chi connectivity index (χ4v) is 1.03. The first-order valence-electron chi connectivity index (χ1n) is 3.63. The van der Waals surface area contributed by atoms with Crippen molar-refractivity contribution < 1.29 is 4.74 Å². The van der Waals surface area contributed by atoms with E-state index in [1.54, 1.807) is 6.92 Å². The minimum Gasteiger partial charge on any atom is -0.467 e. The third kappa shape index (κ3) is 2.07. The van der Waals surface area contributed by atoms with E-state index in [1.807, 2.05) is 6.07 Å². The second kappa shape index (κ2) is 4.06. The largest absolute Gasteiger partial charge is 0.467 e. The number of hydrogen-bond donors (Lipinski definition) is 0. The van der Waals surface area contributed by atoms with E-state index in [0.29, 0.717) is 16.4 Å². The predicted molar refractivity (Wildman–Crippen MR) is 47.6 cm³/mol. The normalized spacial score (nSPS) is 9.38. The Morgan fingerprint density at radius 3 is 2.77 bits per heavy atom. The molecule has 5 heteroatoms. The van der Waals surface area contributed by atoms with Crippen LogP contribution in [0.3, 0.4) is 0 Å². The minimum atomic E-state index is 0.165. The Morgan fingerprint density at radius 1 is 1.54 bits per heavy atom. The van der Waals surface area contributed by atoms with Gasteiger partial charge in [-0.05, 0) is 6.92 Å². The van der Waals surface area contributed by atoms with Crippen molar-refractivity contribution in [3.05, 3.63) is 16.4 Å². The van der Waals surface area contributed by atoms with Gasteiger partial charge in [0.05, 0.1) is 36.0 Å². The van der Waals surface area contributed by atoms with E-state index in [2.05, 4.69) is 9.97 Å². The molecule has 0 fully saturated rings. The highest BCUT2D eigenvalue weighted by Crippen LogP contribution is 2.19. The molecule has 0 N–H and O–H groups in total. The van der Waals surface area contributed by atoms with Gasteiger partial charge in [0.25, 0.3) is 0 Å². The summed E-state index contributed by atoms with van der Waals surface area (Å²) in [5.74, 6) is 0. The van der Waals surface area contributed by atoms with E-state index in [9.17, 15) is 0 Å². The Labute approximate surface area is 81.1 Å². The predicted octanol–water partition coefficient (Wildman–Crippen LogP) is 1.51. The molecule has 0 aromatic carbocycles. The summed E-state index contributed by atoms with van der Waals surface area (Å²) in [5, 5.41) is 8.92. The van der Waals surface area contributed by atoms with Crippen molar-refractivity contribution in [3.63, 3.8) is 0 Å². The molecule has 1 heterocycles. The molecule has 0 atom stereocenters. The molecule has 0 aliphatic heterocycles. The van der Waals surface area contributed by atoms with E-state index in [-0.39, 0.29) is 12.4 Å². The van der Waals surface area contributed by atoms with Gasteiger partial charge in [-0.15, -0.1) is 0 Å². The first-order valence-corrected chi connectivity index (χ1v) is 4.00. The van der Waals surface area contributed by atoms with Crippen LogP contribution in [0.4, 0.5) is 0 Å². The molecular weight excluding hydrogens is 190 g/mol. The van der Waals surface area contributed by atoms with Crippen molar-refractivity contribution in [1.82, 2.24) is 9.97 Å². The van der Waals surface area contributed by atoms with Crippen LogP contribution >= 0.6 is 11.6 Å². The zero-order chi connectivity index (χ0) is 9.84. The maximum atomic E-state index is 8.49. The van der Waals surface area contributed by atoms with Crippen LogP contribution < -0.4 is 4.74 Å². The number of nitrogens with zero attached hydrogens (tertiary/aromatic N) is 3. The Kier molecular flexibility index (Phi) is 3.04. The molecule has 1 aromatic heterocycles. The fraction of sp³-hybridized carbons (Fsp3) is 0.375. The Balaban J connectivity index is 3.18. The van der Waals surface area contributed by atoms with Crippen molar-refractivity contribution in [2.45, 2.75) is 13.3 Å². The molecule has 0 saturated carbocycles.